The zero-order valence-electron chi connectivity index (χ0n) is 18.6. The molecule has 164 valence electrons. The molecule has 7 nitrogen and oxygen atoms in total. The minimum absolute atomic E-state index is 0.0297. The van der Waals surface area contributed by atoms with Crippen molar-refractivity contribution in [2.24, 2.45) is 10.9 Å². The summed E-state index contributed by atoms with van der Waals surface area (Å²) in [6.45, 7) is 12.9. The van der Waals surface area contributed by atoms with E-state index in [1.54, 1.807) is 7.05 Å². The van der Waals surface area contributed by atoms with Gasteiger partial charge in [0.2, 0.25) is 10.0 Å². The van der Waals surface area contributed by atoms with Crippen LogP contribution in [0, 0.1) is 5.92 Å². The Morgan fingerprint density at radius 1 is 1.17 bits per heavy atom. The Morgan fingerprint density at radius 3 is 2.38 bits per heavy atom. The molecule has 1 saturated heterocycles. The van der Waals surface area contributed by atoms with Crippen molar-refractivity contribution in [1.29, 1.82) is 0 Å². The molecule has 1 aromatic carbocycles. The van der Waals surface area contributed by atoms with Crippen LogP contribution in [0.25, 0.3) is 0 Å². The van der Waals surface area contributed by atoms with Crippen molar-refractivity contribution in [2.45, 2.75) is 65.0 Å². The van der Waals surface area contributed by atoms with Crippen LogP contribution in [0.15, 0.2) is 29.3 Å². The summed E-state index contributed by atoms with van der Waals surface area (Å²) in [5.74, 6) is 1.25. The molecule has 3 N–H and O–H groups in total. The van der Waals surface area contributed by atoms with Crippen LogP contribution >= 0.6 is 0 Å². The number of sulfonamides is 1. The fourth-order valence-corrected chi connectivity index (χ4v) is 5.13. The van der Waals surface area contributed by atoms with Gasteiger partial charge in [0.15, 0.2) is 5.96 Å². The van der Waals surface area contributed by atoms with E-state index in [1.807, 2.05) is 38.1 Å². The molecule has 1 aliphatic rings. The lowest BCUT2D eigenvalue weighted by Gasteiger charge is -2.22. The molecule has 8 heteroatoms. The molecule has 2 rings (SSSR count). The molecule has 0 aliphatic carbocycles. The summed E-state index contributed by atoms with van der Waals surface area (Å²) < 4.78 is 27.3. The molecule has 1 fully saturated rings. The monoisotopic (exact) mass is 423 g/mol. The molecule has 0 saturated carbocycles. The molecule has 1 heterocycles. The number of hydrogen-bond donors (Lipinski definition) is 3. The van der Waals surface area contributed by atoms with Gasteiger partial charge in [0.05, 0.1) is 5.75 Å². The lowest BCUT2D eigenvalue weighted by Crippen LogP contribution is -2.46. The highest BCUT2D eigenvalue weighted by molar-refractivity contribution is 7.88. The van der Waals surface area contributed by atoms with E-state index < -0.39 is 10.0 Å². The van der Waals surface area contributed by atoms with E-state index in [4.69, 9.17) is 0 Å². The van der Waals surface area contributed by atoms with Gasteiger partial charge in [0.25, 0.3) is 0 Å². The van der Waals surface area contributed by atoms with Gasteiger partial charge in [-0.1, -0.05) is 31.2 Å². The van der Waals surface area contributed by atoms with Crippen molar-refractivity contribution >= 4 is 16.0 Å². The highest BCUT2D eigenvalue weighted by atomic mass is 32.2. The number of hydrogen-bond acceptors (Lipinski definition) is 4. The maximum absolute atomic E-state index is 12.3. The minimum atomic E-state index is -3.37. The molecule has 2 unspecified atom stereocenters. The molecule has 1 aromatic rings. The van der Waals surface area contributed by atoms with Gasteiger partial charge in [-0.15, -0.1) is 0 Å². The number of nitrogens with zero attached hydrogens (tertiary/aromatic N) is 2. The largest absolute Gasteiger partial charge is 0.352 e. The topological polar surface area (TPSA) is 85.8 Å². The predicted octanol–water partition coefficient (Wildman–Crippen LogP) is 1.91. The smallest absolute Gasteiger partial charge is 0.216 e. The first-order chi connectivity index (χ1) is 13.6. The van der Waals surface area contributed by atoms with E-state index in [1.165, 1.54) is 0 Å². The van der Waals surface area contributed by atoms with Gasteiger partial charge in [0, 0.05) is 44.8 Å². The van der Waals surface area contributed by atoms with Crippen molar-refractivity contribution < 1.29 is 8.42 Å². The molecular weight excluding hydrogens is 386 g/mol. The van der Waals surface area contributed by atoms with Crippen LogP contribution in [0.4, 0.5) is 0 Å². The van der Waals surface area contributed by atoms with E-state index in [0.717, 1.165) is 30.2 Å². The number of aliphatic imine (C=N–C) groups is 1. The second kappa shape index (κ2) is 10.4. The van der Waals surface area contributed by atoms with E-state index >= 15 is 0 Å². The first kappa shape index (κ1) is 23.6. The Hall–Kier alpha value is -1.64. The summed E-state index contributed by atoms with van der Waals surface area (Å²) in [5.41, 5.74) is 1.75. The van der Waals surface area contributed by atoms with Crippen LogP contribution in [0.5, 0.6) is 0 Å². The van der Waals surface area contributed by atoms with Crippen LogP contribution in [0.3, 0.4) is 0 Å². The number of benzene rings is 1. The highest BCUT2D eigenvalue weighted by Crippen LogP contribution is 2.18. The fourth-order valence-electron chi connectivity index (χ4n) is 3.64. The normalized spacial score (nSPS) is 21.2. The average Bonchev–Trinajstić information content (AvgIpc) is 2.99. The Balaban J connectivity index is 2.00. The van der Waals surface area contributed by atoms with Crippen LogP contribution in [0.1, 0.15) is 45.7 Å². The molecule has 0 aromatic heterocycles. The van der Waals surface area contributed by atoms with Gasteiger partial charge in [-0.3, -0.25) is 9.89 Å². The maximum Gasteiger partial charge on any atom is 0.216 e. The maximum atomic E-state index is 12.3. The van der Waals surface area contributed by atoms with Crippen molar-refractivity contribution in [2.75, 3.05) is 20.1 Å². The second-order valence-electron chi connectivity index (χ2n) is 8.50. The van der Waals surface area contributed by atoms with Crippen molar-refractivity contribution in [3.05, 3.63) is 35.4 Å². The lowest BCUT2D eigenvalue weighted by atomic mass is 10.1. The summed E-state index contributed by atoms with van der Waals surface area (Å²) in [7, 11) is -1.61. The molecule has 0 radical (unpaired) electrons. The Morgan fingerprint density at radius 2 is 1.83 bits per heavy atom. The van der Waals surface area contributed by atoms with Crippen molar-refractivity contribution in [3.63, 3.8) is 0 Å². The summed E-state index contributed by atoms with van der Waals surface area (Å²) >= 11 is 0. The number of rotatable bonds is 8. The van der Waals surface area contributed by atoms with Crippen LogP contribution in [-0.4, -0.2) is 57.5 Å². The quantitative estimate of drug-likeness (QED) is 0.439. The van der Waals surface area contributed by atoms with Crippen LogP contribution < -0.4 is 15.4 Å². The van der Waals surface area contributed by atoms with E-state index in [-0.39, 0.29) is 11.8 Å². The number of guanidine groups is 1. The van der Waals surface area contributed by atoms with Crippen molar-refractivity contribution in [3.8, 4) is 0 Å². The Kier molecular flexibility index (Phi) is 8.48. The molecule has 29 heavy (non-hydrogen) atoms. The van der Waals surface area contributed by atoms with Gasteiger partial charge in [0.1, 0.15) is 0 Å². The van der Waals surface area contributed by atoms with Crippen LogP contribution in [0.2, 0.25) is 0 Å². The summed E-state index contributed by atoms with van der Waals surface area (Å²) in [6, 6.07) is 8.39. The number of nitrogens with one attached hydrogen (secondary N) is 3. The van der Waals surface area contributed by atoms with Crippen LogP contribution in [-0.2, 0) is 22.3 Å². The van der Waals surface area contributed by atoms with Gasteiger partial charge in [-0.2, -0.15) is 0 Å². The standard InChI is InChI=1S/C21H37N5O2S/c1-15(2)25-29(27,28)14-19-10-8-7-9-18(19)11-23-21(22-6)24-20-13-26(16(3)4)12-17(20)5/h7-10,15-17,20,25H,11-14H2,1-6H3,(H2,22,23,24). The molecule has 1 aliphatic heterocycles. The summed E-state index contributed by atoms with van der Waals surface area (Å²) in [5, 5.41) is 6.88. The lowest BCUT2D eigenvalue weighted by molar-refractivity contribution is 0.265. The SMILES string of the molecule is CN=C(NCc1ccccc1CS(=O)(=O)NC(C)C)NC1CN(C(C)C)CC1C. The minimum Gasteiger partial charge on any atom is -0.352 e. The number of likely N-dealkylation sites (tertiary alicyclic amines) is 1. The fraction of sp³-hybridized carbons (Fsp3) is 0.667. The molecule has 0 amide bonds. The summed E-state index contributed by atoms with van der Waals surface area (Å²) in [6.07, 6.45) is 0. The predicted molar refractivity (Wildman–Crippen MR) is 120 cm³/mol. The molecule has 0 spiro atoms. The van der Waals surface area contributed by atoms with Gasteiger partial charge in [-0.25, -0.2) is 13.1 Å². The first-order valence-electron chi connectivity index (χ1n) is 10.4. The average molecular weight is 424 g/mol. The van der Waals surface area contributed by atoms with Gasteiger partial charge in [-0.05, 0) is 44.7 Å². The van der Waals surface area contributed by atoms with Gasteiger partial charge < -0.3 is 10.6 Å². The first-order valence-corrected chi connectivity index (χ1v) is 12.0. The zero-order chi connectivity index (χ0) is 21.6. The summed E-state index contributed by atoms with van der Waals surface area (Å²) in [4.78, 5) is 6.83. The van der Waals surface area contributed by atoms with Crippen molar-refractivity contribution in [1.82, 2.24) is 20.3 Å². The third-order valence-electron chi connectivity index (χ3n) is 5.24. The Bertz CT molecular complexity index is 792. The van der Waals surface area contributed by atoms with E-state index in [9.17, 15) is 8.42 Å². The van der Waals surface area contributed by atoms with Gasteiger partial charge >= 0.3 is 0 Å². The van der Waals surface area contributed by atoms with E-state index in [2.05, 4.69) is 46.0 Å². The zero-order valence-corrected chi connectivity index (χ0v) is 19.4. The molecule has 2 atom stereocenters. The second-order valence-corrected chi connectivity index (χ2v) is 10.3. The van der Waals surface area contributed by atoms with E-state index in [0.29, 0.717) is 24.5 Å². The Labute approximate surface area is 176 Å². The third-order valence-corrected chi connectivity index (χ3v) is 6.76. The molecular formula is C21H37N5O2S. The molecule has 0 bridgehead atoms. The third kappa shape index (κ3) is 7.28. The highest BCUT2D eigenvalue weighted by Gasteiger charge is 2.31.